The van der Waals surface area contributed by atoms with Crippen molar-refractivity contribution >= 4 is 40.8 Å². The number of esters is 1. The van der Waals surface area contributed by atoms with Gasteiger partial charge < -0.3 is 14.8 Å². The van der Waals surface area contributed by atoms with E-state index in [1.165, 1.54) is 19.1 Å². The molecule has 1 N–H and O–H groups in total. The fourth-order valence-corrected chi connectivity index (χ4v) is 2.30. The Hall–Kier alpha value is -2.31. The largest absolute Gasteiger partial charge is 0.480 e. The summed E-state index contributed by atoms with van der Waals surface area (Å²) in [6, 6.07) is 8.93. The number of carbonyl (C=O) groups is 2. The molecule has 0 fully saturated rings. The predicted octanol–water partition coefficient (Wildman–Crippen LogP) is 4.39. The van der Waals surface area contributed by atoms with E-state index in [9.17, 15) is 14.0 Å². The third-order valence-corrected chi connectivity index (χ3v) is 3.85. The molecule has 0 heterocycles. The quantitative estimate of drug-likeness (QED) is 0.731. The van der Waals surface area contributed by atoms with Crippen molar-refractivity contribution < 1.29 is 23.5 Å². The molecule has 138 valence electrons. The molecule has 0 aromatic heterocycles. The number of anilines is 1. The molecule has 0 aliphatic carbocycles. The summed E-state index contributed by atoms with van der Waals surface area (Å²) in [6.07, 6.45) is -1.14. The molecule has 0 spiro atoms. The molecule has 1 atom stereocenters. The molecular weight excluding hydrogens is 384 g/mol. The summed E-state index contributed by atoms with van der Waals surface area (Å²) in [5.74, 6) is -1.80. The first kappa shape index (κ1) is 20.0. The lowest BCUT2D eigenvalue weighted by molar-refractivity contribution is -0.155. The highest BCUT2D eigenvalue weighted by Crippen LogP contribution is 2.25. The summed E-state index contributed by atoms with van der Waals surface area (Å²) in [4.78, 5) is 23.8. The molecular formula is C18H16Cl2FNO4. The minimum Gasteiger partial charge on any atom is -0.480 e. The van der Waals surface area contributed by atoms with Gasteiger partial charge in [0.15, 0.2) is 12.7 Å². The van der Waals surface area contributed by atoms with Crippen molar-refractivity contribution in [2.24, 2.45) is 0 Å². The second kappa shape index (κ2) is 8.87. The van der Waals surface area contributed by atoms with Gasteiger partial charge in [0.1, 0.15) is 11.6 Å². The van der Waals surface area contributed by atoms with Gasteiger partial charge in [0.05, 0.1) is 10.7 Å². The summed E-state index contributed by atoms with van der Waals surface area (Å²) < 4.78 is 23.9. The fraction of sp³-hybridized carbons (Fsp3) is 0.222. The third-order valence-electron chi connectivity index (χ3n) is 3.30. The monoisotopic (exact) mass is 399 g/mol. The Balaban J connectivity index is 1.87. The number of carbonyl (C=O) groups excluding carboxylic acids is 2. The molecule has 0 aliphatic rings. The van der Waals surface area contributed by atoms with Crippen molar-refractivity contribution in [1.29, 1.82) is 0 Å². The van der Waals surface area contributed by atoms with E-state index in [0.717, 1.165) is 11.6 Å². The smallest absolute Gasteiger partial charge is 0.344 e. The maximum Gasteiger partial charge on any atom is 0.344 e. The lowest BCUT2D eigenvalue weighted by Gasteiger charge is -2.14. The van der Waals surface area contributed by atoms with E-state index in [0.29, 0.717) is 10.8 Å². The van der Waals surface area contributed by atoms with E-state index >= 15 is 0 Å². The molecule has 2 aromatic rings. The van der Waals surface area contributed by atoms with E-state index in [1.807, 2.05) is 6.92 Å². The standard InChI is InChI=1S/C18H16Cl2FNO4/c1-10-3-5-13(20)16(7-10)25-9-17(23)26-11(2)18(24)22-15-6-4-12(19)8-14(15)21/h3-8,11H,9H2,1-2H3,(H,22,24)/t11-/m0/s1. The van der Waals surface area contributed by atoms with Crippen LogP contribution in [0.3, 0.4) is 0 Å². The molecule has 2 aromatic carbocycles. The van der Waals surface area contributed by atoms with Gasteiger partial charge >= 0.3 is 5.97 Å². The first-order valence-corrected chi connectivity index (χ1v) is 8.36. The zero-order valence-corrected chi connectivity index (χ0v) is 15.5. The maximum atomic E-state index is 13.7. The normalized spacial score (nSPS) is 11.6. The van der Waals surface area contributed by atoms with Gasteiger partial charge in [0.25, 0.3) is 5.91 Å². The summed E-state index contributed by atoms with van der Waals surface area (Å²) >= 11 is 11.6. The van der Waals surface area contributed by atoms with Crippen molar-refractivity contribution in [3.63, 3.8) is 0 Å². The Morgan fingerprint density at radius 1 is 1.19 bits per heavy atom. The average Bonchev–Trinajstić information content (AvgIpc) is 2.58. The lowest BCUT2D eigenvalue weighted by atomic mass is 10.2. The summed E-state index contributed by atoms with van der Waals surface area (Å²) in [5, 5.41) is 2.88. The van der Waals surface area contributed by atoms with E-state index in [1.54, 1.807) is 18.2 Å². The predicted molar refractivity (Wildman–Crippen MR) is 97.3 cm³/mol. The van der Waals surface area contributed by atoms with Crippen LogP contribution >= 0.6 is 23.2 Å². The van der Waals surface area contributed by atoms with Gasteiger partial charge in [0, 0.05) is 5.02 Å². The molecule has 0 aliphatic heterocycles. The van der Waals surface area contributed by atoms with Crippen LogP contribution < -0.4 is 10.1 Å². The number of ether oxygens (including phenoxy) is 2. The number of aryl methyl sites for hydroxylation is 1. The van der Waals surface area contributed by atoms with E-state index in [-0.39, 0.29) is 10.7 Å². The number of rotatable bonds is 6. The molecule has 5 nitrogen and oxygen atoms in total. The number of hydrogen-bond acceptors (Lipinski definition) is 4. The van der Waals surface area contributed by atoms with Crippen LogP contribution in [0.5, 0.6) is 5.75 Å². The van der Waals surface area contributed by atoms with Gasteiger partial charge in [-0.2, -0.15) is 0 Å². The average molecular weight is 400 g/mol. The molecule has 26 heavy (non-hydrogen) atoms. The highest BCUT2D eigenvalue weighted by Gasteiger charge is 2.19. The summed E-state index contributed by atoms with van der Waals surface area (Å²) in [5.41, 5.74) is 0.848. The van der Waals surface area contributed by atoms with E-state index < -0.39 is 30.4 Å². The van der Waals surface area contributed by atoms with E-state index in [4.69, 9.17) is 32.7 Å². The lowest BCUT2D eigenvalue weighted by Crippen LogP contribution is -2.32. The Bertz CT molecular complexity index is 829. The minimum atomic E-state index is -1.14. The minimum absolute atomic E-state index is 0.0647. The van der Waals surface area contributed by atoms with Crippen LogP contribution in [-0.2, 0) is 14.3 Å². The van der Waals surface area contributed by atoms with Crippen molar-refractivity contribution in [2.45, 2.75) is 20.0 Å². The number of nitrogens with one attached hydrogen (secondary N) is 1. The second-order valence-electron chi connectivity index (χ2n) is 5.47. The number of amides is 1. The molecule has 1 amide bonds. The van der Waals surface area contributed by atoms with Crippen LogP contribution in [0.25, 0.3) is 0 Å². The SMILES string of the molecule is Cc1ccc(Cl)c(OCC(=O)O[C@@H](C)C(=O)Nc2ccc(Cl)cc2F)c1. The van der Waals surface area contributed by atoms with Crippen LogP contribution in [0.15, 0.2) is 36.4 Å². The Labute approximate surface area is 160 Å². The van der Waals surface area contributed by atoms with Gasteiger partial charge in [-0.1, -0.05) is 29.3 Å². The van der Waals surface area contributed by atoms with Gasteiger partial charge in [-0.05, 0) is 49.7 Å². The second-order valence-corrected chi connectivity index (χ2v) is 6.31. The molecule has 2 rings (SSSR count). The van der Waals surface area contributed by atoms with Crippen molar-refractivity contribution in [3.8, 4) is 5.75 Å². The Kier molecular flexibility index (Phi) is 6.83. The van der Waals surface area contributed by atoms with Crippen LogP contribution in [0, 0.1) is 12.7 Å². The highest BCUT2D eigenvalue weighted by molar-refractivity contribution is 6.32. The first-order valence-electron chi connectivity index (χ1n) is 7.60. The zero-order valence-electron chi connectivity index (χ0n) is 14.0. The molecule has 0 unspecified atom stereocenters. The van der Waals surface area contributed by atoms with Crippen molar-refractivity contribution in [3.05, 3.63) is 57.8 Å². The van der Waals surface area contributed by atoms with Crippen LogP contribution in [-0.4, -0.2) is 24.6 Å². The molecule has 8 heteroatoms. The first-order chi connectivity index (χ1) is 12.3. The van der Waals surface area contributed by atoms with Crippen LogP contribution in [0.4, 0.5) is 10.1 Å². The van der Waals surface area contributed by atoms with Crippen molar-refractivity contribution in [2.75, 3.05) is 11.9 Å². The molecule has 0 radical (unpaired) electrons. The molecule has 0 saturated carbocycles. The molecule has 0 saturated heterocycles. The van der Waals surface area contributed by atoms with Gasteiger partial charge in [0.2, 0.25) is 0 Å². The highest BCUT2D eigenvalue weighted by atomic mass is 35.5. The number of benzene rings is 2. The van der Waals surface area contributed by atoms with E-state index in [2.05, 4.69) is 5.32 Å². The Morgan fingerprint density at radius 3 is 2.62 bits per heavy atom. The summed E-state index contributed by atoms with van der Waals surface area (Å²) in [7, 11) is 0. The van der Waals surface area contributed by atoms with Crippen LogP contribution in [0.1, 0.15) is 12.5 Å². The van der Waals surface area contributed by atoms with Crippen LogP contribution in [0.2, 0.25) is 10.0 Å². The van der Waals surface area contributed by atoms with Gasteiger partial charge in [-0.3, -0.25) is 4.79 Å². The summed E-state index contributed by atoms with van der Waals surface area (Å²) in [6.45, 7) is 2.79. The van der Waals surface area contributed by atoms with Gasteiger partial charge in [-0.15, -0.1) is 0 Å². The Morgan fingerprint density at radius 2 is 1.92 bits per heavy atom. The topological polar surface area (TPSA) is 64.6 Å². The maximum absolute atomic E-state index is 13.7. The zero-order chi connectivity index (χ0) is 19.3. The van der Waals surface area contributed by atoms with Crippen molar-refractivity contribution in [1.82, 2.24) is 0 Å². The molecule has 0 bridgehead atoms. The third kappa shape index (κ3) is 5.61. The number of halogens is 3. The van der Waals surface area contributed by atoms with Gasteiger partial charge in [-0.25, -0.2) is 9.18 Å². The number of hydrogen-bond donors (Lipinski definition) is 1. The fourth-order valence-electron chi connectivity index (χ4n) is 1.97.